The fraction of sp³-hybridized carbons (Fsp3) is 0.150. The summed E-state index contributed by atoms with van der Waals surface area (Å²) in [5.41, 5.74) is 4.77. The molecule has 0 aliphatic rings. The summed E-state index contributed by atoms with van der Waals surface area (Å²) in [4.78, 5) is 18.3. The molecular weight excluding hydrogens is 314 g/mol. The lowest BCUT2D eigenvalue weighted by Crippen LogP contribution is -1.95. The lowest BCUT2D eigenvalue weighted by atomic mass is 10.1. The van der Waals surface area contributed by atoms with Crippen molar-refractivity contribution >= 4 is 21.8 Å². The Morgan fingerprint density at radius 2 is 1.96 bits per heavy atom. The first-order chi connectivity index (χ1) is 12.3. The first kappa shape index (κ1) is 15.3. The lowest BCUT2D eigenvalue weighted by Gasteiger charge is -2.07. The third-order valence-corrected chi connectivity index (χ3v) is 4.42. The van der Waals surface area contributed by atoms with Crippen LogP contribution in [0.2, 0.25) is 0 Å². The fourth-order valence-electron chi connectivity index (χ4n) is 3.13. The second-order valence-corrected chi connectivity index (χ2v) is 6.01. The van der Waals surface area contributed by atoms with Gasteiger partial charge < -0.3 is 9.72 Å². The number of pyridine rings is 1. The Morgan fingerprint density at radius 3 is 2.76 bits per heavy atom. The number of nitrogens with zero attached hydrogens (tertiary/aromatic N) is 2. The van der Waals surface area contributed by atoms with Gasteiger partial charge in [-0.3, -0.25) is 4.98 Å². The first-order valence-electron chi connectivity index (χ1n) is 8.12. The Balaban J connectivity index is 1.74. The van der Waals surface area contributed by atoms with E-state index >= 15 is 0 Å². The second-order valence-electron chi connectivity index (χ2n) is 6.01. The number of hydrogen-bond donors (Lipinski definition) is 1. The zero-order valence-electron chi connectivity index (χ0n) is 13.8. The standard InChI is InChI=1S/C20H17N3O2/c1-13-18(11-22-24)21-10-19-20(13)16-9-15(7-8-17(16)23-19)25-12-14-5-3-2-4-6-14/h2-10,23H,11-12H2,1H3. The van der Waals surface area contributed by atoms with Crippen LogP contribution in [0.15, 0.2) is 59.9 Å². The molecule has 0 radical (unpaired) electrons. The largest absolute Gasteiger partial charge is 0.489 e. The van der Waals surface area contributed by atoms with Crippen molar-refractivity contribution < 1.29 is 4.74 Å². The van der Waals surface area contributed by atoms with Gasteiger partial charge in [0.15, 0.2) is 0 Å². The maximum atomic E-state index is 10.6. The summed E-state index contributed by atoms with van der Waals surface area (Å²) in [5, 5.41) is 5.10. The molecule has 25 heavy (non-hydrogen) atoms. The number of H-pyrrole nitrogens is 1. The normalized spacial score (nSPS) is 11.1. The van der Waals surface area contributed by atoms with Gasteiger partial charge in [0.05, 0.1) is 17.4 Å². The van der Waals surface area contributed by atoms with Crippen LogP contribution >= 0.6 is 0 Å². The molecule has 0 bridgehead atoms. The summed E-state index contributed by atoms with van der Waals surface area (Å²) < 4.78 is 5.94. The molecule has 2 aromatic carbocycles. The van der Waals surface area contributed by atoms with Crippen LogP contribution in [0.3, 0.4) is 0 Å². The van der Waals surface area contributed by atoms with E-state index in [1.165, 1.54) is 0 Å². The first-order valence-corrected chi connectivity index (χ1v) is 8.12. The van der Waals surface area contributed by atoms with Gasteiger partial charge in [-0.15, -0.1) is 0 Å². The number of rotatable bonds is 5. The van der Waals surface area contributed by atoms with E-state index in [9.17, 15) is 4.91 Å². The number of aromatic amines is 1. The van der Waals surface area contributed by atoms with E-state index in [-0.39, 0.29) is 6.54 Å². The number of hydrogen-bond acceptors (Lipinski definition) is 4. The third kappa shape index (κ3) is 2.85. The van der Waals surface area contributed by atoms with Gasteiger partial charge in [0.25, 0.3) is 0 Å². The average Bonchev–Trinajstić information content (AvgIpc) is 3.02. The van der Waals surface area contributed by atoms with Crippen molar-refractivity contribution in [3.05, 3.63) is 76.5 Å². The Labute approximate surface area is 144 Å². The number of benzene rings is 2. The third-order valence-electron chi connectivity index (χ3n) is 4.42. The van der Waals surface area contributed by atoms with E-state index in [4.69, 9.17) is 4.74 Å². The van der Waals surface area contributed by atoms with E-state index in [2.05, 4.69) is 15.1 Å². The number of ether oxygens (including phenoxy) is 1. The highest BCUT2D eigenvalue weighted by molar-refractivity contribution is 6.09. The molecule has 0 aliphatic heterocycles. The molecule has 4 rings (SSSR count). The van der Waals surface area contributed by atoms with E-state index < -0.39 is 0 Å². The second kappa shape index (κ2) is 6.36. The van der Waals surface area contributed by atoms with Gasteiger partial charge in [0, 0.05) is 16.3 Å². The van der Waals surface area contributed by atoms with Crippen molar-refractivity contribution in [1.29, 1.82) is 0 Å². The average molecular weight is 331 g/mol. The minimum absolute atomic E-state index is 0.0820. The van der Waals surface area contributed by atoms with Crippen molar-refractivity contribution in [2.75, 3.05) is 0 Å². The quantitative estimate of drug-likeness (QED) is 0.530. The number of aryl methyl sites for hydroxylation is 1. The van der Waals surface area contributed by atoms with Gasteiger partial charge in [-0.05, 0) is 36.2 Å². The molecule has 0 fully saturated rings. The molecular formula is C20H17N3O2. The lowest BCUT2D eigenvalue weighted by molar-refractivity contribution is 0.306. The smallest absolute Gasteiger partial charge is 0.123 e. The molecule has 5 nitrogen and oxygen atoms in total. The molecule has 0 saturated carbocycles. The number of nitroso groups, excluding NO2 is 1. The van der Waals surface area contributed by atoms with Crippen molar-refractivity contribution in [1.82, 2.24) is 9.97 Å². The topological polar surface area (TPSA) is 67.3 Å². The van der Waals surface area contributed by atoms with Crippen LogP contribution in [-0.4, -0.2) is 9.97 Å². The highest BCUT2D eigenvalue weighted by atomic mass is 16.5. The van der Waals surface area contributed by atoms with Gasteiger partial charge in [-0.25, -0.2) is 0 Å². The minimum atomic E-state index is 0.0820. The van der Waals surface area contributed by atoms with Crippen LogP contribution < -0.4 is 4.74 Å². The monoisotopic (exact) mass is 331 g/mol. The van der Waals surface area contributed by atoms with E-state index in [1.54, 1.807) is 6.20 Å². The molecule has 0 saturated heterocycles. The van der Waals surface area contributed by atoms with Crippen LogP contribution in [-0.2, 0) is 13.2 Å². The van der Waals surface area contributed by atoms with Crippen molar-refractivity contribution in [2.45, 2.75) is 20.1 Å². The van der Waals surface area contributed by atoms with Gasteiger partial charge in [0.1, 0.15) is 18.9 Å². The molecule has 4 aromatic rings. The summed E-state index contributed by atoms with van der Waals surface area (Å²) >= 11 is 0. The van der Waals surface area contributed by atoms with Gasteiger partial charge in [-0.2, -0.15) is 4.91 Å². The molecule has 0 spiro atoms. The van der Waals surface area contributed by atoms with Gasteiger partial charge in [0.2, 0.25) is 0 Å². The Bertz CT molecular complexity index is 1050. The Kier molecular flexibility index (Phi) is 3.90. The van der Waals surface area contributed by atoms with E-state index in [0.29, 0.717) is 12.3 Å². The molecule has 0 aliphatic carbocycles. The van der Waals surface area contributed by atoms with Gasteiger partial charge in [-0.1, -0.05) is 35.5 Å². The Morgan fingerprint density at radius 1 is 1.12 bits per heavy atom. The number of fused-ring (bicyclic) bond motifs is 3. The Hall–Kier alpha value is -3.21. The highest BCUT2D eigenvalue weighted by Gasteiger charge is 2.12. The zero-order valence-corrected chi connectivity index (χ0v) is 13.8. The van der Waals surface area contributed by atoms with Crippen molar-refractivity contribution in [2.24, 2.45) is 5.18 Å². The number of nitrogens with one attached hydrogen (secondary N) is 1. The summed E-state index contributed by atoms with van der Waals surface area (Å²) in [7, 11) is 0. The molecule has 1 N–H and O–H groups in total. The highest BCUT2D eigenvalue weighted by Crippen LogP contribution is 2.32. The van der Waals surface area contributed by atoms with Gasteiger partial charge >= 0.3 is 0 Å². The van der Waals surface area contributed by atoms with E-state index in [0.717, 1.165) is 38.7 Å². The number of aromatic nitrogens is 2. The van der Waals surface area contributed by atoms with Crippen LogP contribution in [0.1, 0.15) is 16.8 Å². The molecule has 0 atom stereocenters. The summed E-state index contributed by atoms with van der Waals surface area (Å²) in [6.07, 6.45) is 1.76. The molecule has 2 heterocycles. The predicted molar refractivity (Wildman–Crippen MR) is 98.6 cm³/mol. The molecule has 0 unspecified atom stereocenters. The molecule has 5 heteroatoms. The van der Waals surface area contributed by atoms with Crippen LogP contribution in [0.4, 0.5) is 0 Å². The summed E-state index contributed by atoms with van der Waals surface area (Å²) in [6, 6.07) is 16.1. The predicted octanol–water partition coefficient (Wildman–Crippen LogP) is 4.87. The van der Waals surface area contributed by atoms with E-state index in [1.807, 2.05) is 55.5 Å². The maximum Gasteiger partial charge on any atom is 0.123 e. The maximum absolute atomic E-state index is 10.6. The SMILES string of the molecule is Cc1c(CN=O)ncc2[nH]c3ccc(OCc4ccccc4)cc3c12. The van der Waals surface area contributed by atoms with Crippen molar-refractivity contribution in [3.8, 4) is 5.75 Å². The molecule has 124 valence electrons. The summed E-state index contributed by atoms with van der Waals surface area (Å²) in [6.45, 7) is 2.58. The van der Waals surface area contributed by atoms with Crippen LogP contribution in [0.25, 0.3) is 21.8 Å². The fourth-order valence-corrected chi connectivity index (χ4v) is 3.13. The summed E-state index contributed by atoms with van der Waals surface area (Å²) in [5.74, 6) is 0.809. The molecule has 2 aromatic heterocycles. The molecule has 0 amide bonds. The minimum Gasteiger partial charge on any atom is -0.489 e. The van der Waals surface area contributed by atoms with Crippen LogP contribution in [0, 0.1) is 11.8 Å². The zero-order chi connectivity index (χ0) is 17.2. The van der Waals surface area contributed by atoms with Crippen LogP contribution in [0.5, 0.6) is 5.75 Å². The van der Waals surface area contributed by atoms with Crippen molar-refractivity contribution in [3.63, 3.8) is 0 Å².